The van der Waals surface area contributed by atoms with Crippen LogP contribution in [0.4, 0.5) is 0 Å². The lowest BCUT2D eigenvalue weighted by atomic mass is 10.2. The zero-order valence-corrected chi connectivity index (χ0v) is 9.55. The number of nitrogens with one attached hydrogen (secondary N) is 1. The molecule has 1 aromatic heterocycles. The Bertz CT molecular complexity index is 405. The van der Waals surface area contributed by atoms with Gasteiger partial charge in [-0.15, -0.1) is 11.3 Å². The van der Waals surface area contributed by atoms with E-state index in [0.29, 0.717) is 6.54 Å². The van der Waals surface area contributed by atoms with Crippen molar-refractivity contribution in [2.24, 2.45) is 0 Å². The van der Waals surface area contributed by atoms with Crippen LogP contribution in [0.25, 0.3) is 10.1 Å². The number of hydrogen-bond acceptors (Lipinski definition) is 3. The molecule has 0 bridgehead atoms. The van der Waals surface area contributed by atoms with Crippen LogP contribution in [0.2, 0.25) is 0 Å². The van der Waals surface area contributed by atoms with Crippen LogP contribution < -0.4 is 5.32 Å². The minimum atomic E-state index is -0.387. The topological polar surface area (TPSA) is 32.3 Å². The number of rotatable bonds is 4. The van der Waals surface area contributed by atoms with E-state index in [0.717, 1.165) is 11.4 Å². The zero-order valence-electron chi connectivity index (χ0n) is 8.73. The van der Waals surface area contributed by atoms with Crippen molar-refractivity contribution in [1.82, 2.24) is 5.32 Å². The Morgan fingerprint density at radius 2 is 2.20 bits per heavy atom. The Morgan fingerprint density at radius 1 is 1.40 bits per heavy atom. The third kappa shape index (κ3) is 2.37. The van der Waals surface area contributed by atoms with Crippen molar-refractivity contribution in [2.75, 3.05) is 13.1 Å². The molecule has 0 saturated heterocycles. The van der Waals surface area contributed by atoms with Gasteiger partial charge in [0.15, 0.2) is 0 Å². The Morgan fingerprint density at radius 3 is 2.93 bits per heavy atom. The SMILES string of the molecule is CCNCC(O)c1cc2ccccc2s1. The van der Waals surface area contributed by atoms with E-state index in [1.807, 2.05) is 19.1 Å². The molecule has 1 atom stereocenters. The van der Waals surface area contributed by atoms with Crippen molar-refractivity contribution in [3.8, 4) is 0 Å². The van der Waals surface area contributed by atoms with Crippen LogP contribution in [0.5, 0.6) is 0 Å². The molecule has 1 unspecified atom stereocenters. The number of hydrogen-bond donors (Lipinski definition) is 2. The Hall–Kier alpha value is -0.900. The molecule has 2 aromatic rings. The van der Waals surface area contributed by atoms with Crippen LogP contribution in [0, 0.1) is 0 Å². The highest BCUT2D eigenvalue weighted by molar-refractivity contribution is 7.19. The number of aliphatic hydroxyl groups excluding tert-OH is 1. The summed E-state index contributed by atoms with van der Waals surface area (Å²) in [5, 5.41) is 14.3. The van der Waals surface area contributed by atoms with E-state index in [1.165, 1.54) is 10.1 Å². The lowest BCUT2D eigenvalue weighted by molar-refractivity contribution is 0.179. The first-order valence-electron chi connectivity index (χ1n) is 5.18. The summed E-state index contributed by atoms with van der Waals surface area (Å²) in [6.45, 7) is 3.56. The van der Waals surface area contributed by atoms with Crippen LogP contribution in [-0.2, 0) is 0 Å². The van der Waals surface area contributed by atoms with Crippen molar-refractivity contribution in [3.63, 3.8) is 0 Å². The van der Waals surface area contributed by atoms with Crippen LogP contribution in [-0.4, -0.2) is 18.2 Å². The normalized spacial score (nSPS) is 13.2. The maximum atomic E-state index is 9.90. The fourth-order valence-electron chi connectivity index (χ4n) is 1.55. The molecule has 0 aliphatic heterocycles. The molecule has 80 valence electrons. The van der Waals surface area contributed by atoms with E-state index in [2.05, 4.69) is 23.5 Å². The minimum Gasteiger partial charge on any atom is -0.386 e. The molecule has 0 amide bonds. The molecule has 2 N–H and O–H groups in total. The van der Waals surface area contributed by atoms with Gasteiger partial charge in [0.2, 0.25) is 0 Å². The number of thiophene rings is 1. The second-order valence-corrected chi connectivity index (χ2v) is 4.63. The second kappa shape index (κ2) is 4.75. The van der Waals surface area contributed by atoms with Crippen molar-refractivity contribution in [1.29, 1.82) is 0 Å². The van der Waals surface area contributed by atoms with E-state index in [1.54, 1.807) is 11.3 Å². The monoisotopic (exact) mass is 221 g/mol. The molecule has 1 aromatic carbocycles. The van der Waals surface area contributed by atoms with Gasteiger partial charge in [-0.05, 0) is 24.1 Å². The molecular weight excluding hydrogens is 206 g/mol. The first-order chi connectivity index (χ1) is 7.31. The first-order valence-corrected chi connectivity index (χ1v) is 6.00. The maximum Gasteiger partial charge on any atom is 0.101 e. The minimum absolute atomic E-state index is 0.387. The van der Waals surface area contributed by atoms with Crippen molar-refractivity contribution in [3.05, 3.63) is 35.2 Å². The molecule has 0 spiro atoms. The van der Waals surface area contributed by atoms with E-state index in [4.69, 9.17) is 0 Å². The van der Waals surface area contributed by atoms with Crippen LogP contribution in [0.15, 0.2) is 30.3 Å². The summed E-state index contributed by atoms with van der Waals surface area (Å²) in [5.74, 6) is 0. The first kappa shape index (κ1) is 10.6. The lowest BCUT2D eigenvalue weighted by Crippen LogP contribution is -2.20. The number of aliphatic hydroxyl groups is 1. The zero-order chi connectivity index (χ0) is 10.7. The molecule has 15 heavy (non-hydrogen) atoms. The van der Waals surface area contributed by atoms with Crippen LogP contribution in [0.3, 0.4) is 0 Å². The van der Waals surface area contributed by atoms with E-state index in [-0.39, 0.29) is 6.10 Å². The Balaban J connectivity index is 2.20. The molecule has 2 rings (SSSR count). The summed E-state index contributed by atoms with van der Waals surface area (Å²) in [6, 6.07) is 10.3. The third-order valence-corrected chi connectivity index (χ3v) is 3.58. The molecular formula is C12H15NOS. The lowest BCUT2D eigenvalue weighted by Gasteiger charge is -2.07. The van der Waals surface area contributed by atoms with E-state index >= 15 is 0 Å². The van der Waals surface area contributed by atoms with Crippen molar-refractivity contribution < 1.29 is 5.11 Å². The molecule has 0 aliphatic carbocycles. The largest absolute Gasteiger partial charge is 0.386 e. The highest BCUT2D eigenvalue weighted by Crippen LogP contribution is 2.29. The van der Waals surface area contributed by atoms with Crippen molar-refractivity contribution in [2.45, 2.75) is 13.0 Å². The molecule has 0 radical (unpaired) electrons. The number of likely N-dealkylation sites (N-methyl/N-ethyl adjacent to an activating group) is 1. The molecule has 1 heterocycles. The highest BCUT2D eigenvalue weighted by Gasteiger charge is 2.10. The smallest absolute Gasteiger partial charge is 0.101 e. The van der Waals surface area contributed by atoms with E-state index in [9.17, 15) is 5.11 Å². The maximum absolute atomic E-state index is 9.90. The predicted octanol–water partition coefficient (Wildman–Crippen LogP) is 2.54. The molecule has 2 nitrogen and oxygen atoms in total. The van der Waals surface area contributed by atoms with Crippen LogP contribution >= 0.6 is 11.3 Å². The Labute approximate surface area is 93.6 Å². The quantitative estimate of drug-likeness (QED) is 0.831. The van der Waals surface area contributed by atoms with Gasteiger partial charge in [-0.2, -0.15) is 0 Å². The Kier molecular flexibility index (Phi) is 3.36. The van der Waals surface area contributed by atoms with Gasteiger partial charge in [-0.25, -0.2) is 0 Å². The highest BCUT2D eigenvalue weighted by atomic mass is 32.1. The predicted molar refractivity (Wildman–Crippen MR) is 65.3 cm³/mol. The van der Waals surface area contributed by atoms with E-state index < -0.39 is 0 Å². The number of fused-ring (bicyclic) bond motifs is 1. The summed E-state index contributed by atoms with van der Waals surface area (Å²) < 4.78 is 1.24. The van der Waals surface area contributed by atoms with Crippen molar-refractivity contribution >= 4 is 21.4 Å². The molecule has 3 heteroatoms. The average molecular weight is 221 g/mol. The van der Waals surface area contributed by atoms with Crippen LogP contribution in [0.1, 0.15) is 17.9 Å². The second-order valence-electron chi connectivity index (χ2n) is 3.51. The number of benzene rings is 1. The summed E-state index contributed by atoms with van der Waals surface area (Å²) in [7, 11) is 0. The summed E-state index contributed by atoms with van der Waals surface area (Å²) in [5.41, 5.74) is 0. The summed E-state index contributed by atoms with van der Waals surface area (Å²) >= 11 is 1.67. The van der Waals surface area contributed by atoms with Gasteiger partial charge in [-0.3, -0.25) is 0 Å². The van der Waals surface area contributed by atoms with Gasteiger partial charge in [-0.1, -0.05) is 25.1 Å². The summed E-state index contributed by atoms with van der Waals surface area (Å²) in [6.07, 6.45) is -0.387. The third-order valence-electron chi connectivity index (χ3n) is 2.36. The molecule has 0 saturated carbocycles. The van der Waals surface area contributed by atoms with Gasteiger partial charge in [0.25, 0.3) is 0 Å². The average Bonchev–Trinajstić information content (AvgIpc) is 2.69. The van der Waals surface area contributed by atoms with Gasteiger partial charge < -0.3 is 10.4 Å². The van der Waals surface area contributed by atoms with Gasteiger partial charge in [0, 0.05) is 16.1 Å². The fraction of sp³-hybridized carbons (Fsp3) is 0.333. The summed E-state index contributed by atoms with van der Waals surface area (Å²) in [4.78, 5) is 1.04. The standard InChI is InChI=1S/C12H15NOS/c1-2-13-8-10(14)12-7-9-5-3-4-6-11(9)15-12/h3-7,10,13-14H,2,8H2,1H3. The molecule has 0 aliphatic rings. The van der Waals surface area contributed by atoms with Gasteiger partial charge in [0.1, 0.15) is 6.10 Å². The van der Waals surface area contributed by atoms with Gasteiger partial charge >= 0.3 is 0 Å². The van der Waals surface area contributed by atoms with Gasteiger partial charge in [0.05, 0.1) is 0 Å². The fourth-order valence-corrected chi connectivity index (χ4v) is 2.60. The molecule has 0 fully saturated rings.